The van der Waals surface area contributed by atoms with E-state index in [0.717, 1.165) is 23.9 Å². The van der Waals surface area contributed by atoms with Crippen molar-refractivity contribution in [3.05, 3.63) is 48.0 Å². The van der Waals surface area contributed by atoms with Crippen molar-refractivity contribution in [2.75, 3.05) is 11.9 Å². The fourth-order valence-electron chi connectivity index (χ4n) is 3.75. The lowest BCUT2D eigenvalue weighted by Gasteiger charge is -2.27. The Labute approximate surface area is 182 Å². The van der Waals surface area contributed by atoms with Gasteiger partial charge in [-0.2, -0.15) is 8.75 Å². The molecule has 1 fully saturated rings. The second-order valence-electron chi connectivity index (χ2n) is 7.58. The van der Waals surface area contributed by atoms with Crippen LogP contribution in [0.5, 0.6) is 0 Å². The predicted molar refractivity (Wildman–Crippen MR) is 113 cm³/mol. The summed E-state index contributed by atoms with van der Waals surface area (Å²) in [7, 11) is -3.73. The van der Waals surface area contributed by atoms with E-state index in [-0.39, 0.29) is 34.9 Å². The van der Waals surface area contributed by atoms with E-state index in [0.29, 0.717) is 36.7 Å². The number of sulfonamides is 1. The van der Waals surface area contributed by atoms with E-state index in [1.807, 2.05) is 0 Å². The molecule has 0 saturated heterocycles. The molecule has 0 bridgehead atoms. The Bertz CT molecular complexity index is 1210. The number of amides is 1. The number of halogens is 2. The van der Waals surface area contributed by atoms with Gasteiger partial charge >= 0.3 is 0 Å². The van der Waals surface area contributed by atoms with Gasteiger partial charge in [-0.1, -0.05) is 6.07 Å². The Kier molecular flexibility index (Phi) is 6.26. The first-order valence-electron chi connectivity index (χ1n) is 9.80. The van der Waals surface area contributed by atoms with Crippen molar-refractivity contribution >= 4 is 44.4 Å². The number of nitrogens with one attached hydrogen (secondary N) is 2. The maximum atomic E-state index is 13.3. The monoisotopic (exact) mass is 466 g/mol. The van der Waals surface area contributed by atoms with Crippen LogP contribution in [-0.2, 0) is 14.8 Å². The molecule has 3 aromatic rings. The third-order valence-electron chi connectivity index (χ3n) is 5.51. The second-order valence-corrected chi connectivity index (χ2v) is 9.84. The predicted octanol–water partition coefficient (Wildman–Crippen LogP) is 3.69. The quantitative estimate of drug-likeness (QED) is 0.577. The Morgan fingerprint density at radius 1 is 1.06 bits per heavy atom. The highest BCUT2D eigenvalue weighted by molar-refractivity contribution is 7.89. The molecule has 0 unspecified atom stereocenters. The van der Waals surface area contributed by atoms with Gasteiger partial charge in [0.05, 0.1) is 11.7 Å². The van der Waals surface area contributed by atoms with E-state index < -0.39 is 21.7 Å². The number of hydrogen-bond acceptors (Lipinski definition) is 6. The highest BCUT2D eigenvalue weighted by Crippen LogP contribution is 2.30. The van der Waals surface area contributed by atoms with Gasteiger partial charge < -0.3 is 5.32 Å². The number of anilines is 1. The van der Waals surface area contributed by atoms with Crippen LogP contribution in [0.1, 0.15) is 25.7 Å². The van der Waals surface area contributed by atoms with Crippen molar-refractivity contribution in [2.45, 2.75) is 30.6 Å². The van der Waals surface area contributed by atoms with Crippen molar-refractivity contribution in [1.29, 1.82) is 0 Å². The van der Waals surface area contributed by atoms with Crippen LogP contribution >= 0.6 is 11.7 Å². The summed E-state index contributed by atoms with van der Waals surface area (Å²) in [4.78, 5) is 12.5. The summed E-state index contributed by atoms with van der Waals surface area (Å²) in [5.74, 6) is -2.38. The number of benzene rings is 2. The van der Waals surface area contributed by atoms with E-state index in [1.165, 1.54) is 12.1 Å². The molecule has 7 nitrogen and oxygen atoms in total. The normalized spacial score (nSPS) is 19.4. The van der Waals surface area contributed by atoms with Gasteiger partial charge in [0.2, 0.25) is 15.9 Å². The zero-order valence-corrected chi connectivity index (χ0v) is 18.0. The molecule has 0 radical (unpaired) electrons. The summed E-state index contributed by atoms with van der Waals surface area (Å²) in [6, 6.07) is 8.09. The molecule has 164 valence electrons. The average molecular weight is 467 g/mol. The van der Waals surface area contributed by atoms with Crippen LogP contribution < -0.4 is 10.0 Å². The lowest BCUT2D eigenvalue weighted by molar-refractivity contribution is -0.121. The Morgan fingerprint density at radius 2 is 1.84 bits per heavy atom. The minimum absolute atomic E-state index is 0.106. The highest BCUT2D eigenvalue weighted by atomic mass is 32.2. The lowest BCUT2D eigenvalue weighted by Crippen LogP contribution is -2.33. The van der Waals surface area contributed by atoms with Crippen LogP contribution in [0.25, 0.3) is 11.0 Å². The molecule has 1 aliphatic rings. The summed E-state index contributed by atoms with van der Waals surface area (Å²) in [6.07, 6.45) is 2.54. The largest absolute Gasteiger partial charge is 0.326 e. The minimum Gasteiger partial charge on any atom is -0.326 e. The van der Waals surface area contributed by atoms with Crippen LogP contribution in [0.15, 0.2) is 41.3 Å². The Morgan fingerprint density at radius 3 is 2.58 bits per heavy atom. The molecule has 1 saturated carbocycles. The number of hydrogen-bond donors (Lipinski definition) is 2. The first kappa shape index (κ1) is 21.7. The summed E-state index contributed by atoms with van der Waals surface area (Å²) in [5.41, 5.74) is 1.11. The van der Waals surface area contributed by atoms with Gasteiger partial charge in [-0.05, 0) is 55.9 Å². The number of fused-ring (bicyclic) bond motifs is 1. The minimum atomic E-state index is -3.73. The molecule has 2 N–H and O–H groups in total. The highest BCUT2D eigenvalue weighted by Gasteiger charge is 2.28. The Hall–Kier alpha value is -2.50. The van der Waals surface area contributed by atoms with Crippen molar-refractivity contribution in [2.24, 2.45) is 11.8 Å². The van der Waals surface area contributed by atoms with Crippen molar-refractivity contribution < 1.29 is 22.0 Å². The Balaban J connectivity index is 1.30. The molecule has 4 rings (SSSR count). The third kappa shape index (κ3) is 4.89. The summed E-state index contributed by atoms with van der Waals surface area (Å²) in [6.45, 7) is 0.272. The number of carbonyl (C=O) groups is 1. The van der Waals surface area contributed by atoms with Gasteiger partial charge in [0, 0.05) is 24.2 Å². The third-order valence-corrected chi connectivity index (χ3v) is 7.50. The number of rotatable bonds is 6. The molecule has 2 aromatic carbocycles. The van der Waals surface area contributed by atoms with Gasteiger partial charge in [0.25, 0.3) is 0 Å². The van der Waals surface area contributed by atoms with E-state index in [1.54, 1.807) is 12.1 Å². The van der Waals surface area contributed by atoms with Gasteiger partial charge in [0.1, 0.15) is 15.9 Å². The zero-order chi connectivity index (χ0) is 22.0. The smallest absolute Gasteiger partial charge is 0.242 e. The van der Waals surface area contributed by atoms with Crippen LogP contribution in [0, 0.1) is 23.5 Å². The van der Waals surface area contributed by atoms with Gasteiger partial charge in [-0.25, -0.2) is 21.9 Å². The van der Waals surface area contributed by atoms with Gasteiger partial charge in [-0.3, -0.25) is 4.79 Å². The first-order valence-corrected chi connectivity index (χ1v) is 12.0. The fourth-order valence-corrected chi connectivity index (χ4v) is 5.63. The zero-order valence-electron chi connectivity index (χ0n) is 16.3. The molecule has 1 heterocycles. The molecule has 0 aliphatic heterocycles. The van der Waals surface area contributed by atoms with Crippen molar-refractivity contribution in [3.8, 4) is 0 Å². The molecular weight excluding hydrogens is 446 g/mol. The number of aromatic nitrogens is 2. The van der Waals surface area contributed by atoms with Crippen LogP contribution in [-0.4, -0.2) is 29.6 Å². The summed E-state index contributed by atoms with van der Waals surface area (Å²) >= 11 is 0.965. The SMILES string of the molecule is O=C(Nc1ccc(F)c(F)c1)C1CCC(CNS(=O)(=O)c2cccc3nsnc23)CC1. The van der Waals surface area contributed by atoms with E-state index in [9.17, 15) is 22.0 Å². The molecule has 31 heavy (non-hydrogen) atoms. The first-order chi connectivity index (χ1) is 14.8. The van der Waals surface area contributed by atoms with Crippen molar-refractivity contribution in [1.82, 2.24) is 13.5 Å². The number of nitrogens with zero attached hydrogens (tertiary/aromatic N) is 2. The lowest BCUT2D eigenvalue weighted by atomic mass is 9.81. The van der Waals surface area contributed by atoms with Crippen molar-refractivity contribution in [3.63, 3.8) is 0 Å². The average Bonchev–Trinajstić information content (AvgIpc) is 3.24. The maximum Gasteiger partial charge on any atom is 0.242 e. The van der Waals surface area contributed by atoms with Crippen LogP contribution in [0.3, 0.4) is 0 Å². The topological polar surface area (TPSA) is 101 Å². The van der Waals surface area contributed by atoms with E-state index >= 15 is 0 Å². The molecule has 0 atom stereocenters. The molecule has 0 spiro atoms. The molecule has 11 heteroatoms. The summed E-state index contributed by atoms with van der Waals surface area (Å²) in [5, 5.41) is 2.62. The van der Waals surface area contributed by atoms with E-state index in [4.69, 9.17) is 0 Å². The molecular formula is C20H20F2N4O3S2. The van der Waals surface area contributed by atoms with Gasteiger partial charge in [-0.15, -0.1) is 0 Å². The van der Waals surface area contributed by atoms with Crippen LogP contribution in [0.4, 0.5) is 14.5 Å². The summed E-state index contributed by atoms with van der Waals surface area (Å²) < 4.78 is 62.6. The fraction of sp³-hybridized carbons (Fsp3) is 0.350. The van der Waals surface area contributed by atoms with Crippen LogP contribution in [0.2, 0.25) is 0 Å². The van der Waals surface area contributed by atoms with E-state index in [2.05, 4.69) is 18.8 Å². The molecule has 1 aliphatic carbocycles. The second kappa shape index (κ2) is 8.93. The number of carbonyl (C=O) groups excluding carboxylic acids is 1. The maximum absolute atomic E-state index is 13.3. The standard InChI is InChI=1S/C20H20F2N4O3S2/c21-15-9-8-14(10-16(15)22)24-20(27)13-6-4-12(5-7-13)11-23-31(28,29)18-3-1-2-17-19(18)26-30-25-17/h1-3,8-10,12-13,23H,4-7,11H2,(H,24,27). The van der Waals surface area contributed by atoms with Gasteiger partial charge in [0.15, 0.2) is 11.6 Å². The molecule has 1 amide bonds. The molecule has 1 aromatic heterocycles.